The number of ether oxygens (including phenoxy) is 2. The van der Waals surface area contributed by atoms with Crippen molar-refractivity contribution in [2.24, 2.45) is 0 Å². The fourth-order valence-electron chi connectivity index (χ4n) is 2.88. The highest BCUT2D eigenvalue weighted by molar-refractivity contribution is 7.89. The molecule has 0 radical (unpaired) electrons. The zero-order valence-corrected chi connectivity index (χ0v) is 16.2. The van der Waals surface area contributed by atoms with E-state index in [1.807, 2.05) is 0 Å². The van der Waals surface area contributed by atoms with Crippen molar-refractivity contribution in [3.8, 4) is 5.75 Å². The molecule has 2 amide bonds. The van der Waals surface area contributed by atoms with E-state index in [1.165, 1.54) is 13.2 Å². The normalized spacial score (nSPS) is 15.4. The van der Waals surface area contributed by atoms with Crippen molar-refractivity contribution >= 4 is 22.0 Å². The molecule has 28 heavy (non-hydrogen) atoms. The fraction of sp³-hybridized carbons (Fsp3) is 0.263. The average Bonchev–Trinajstić information content (AvgIpc) is 3.00. The Hall–Kier alpha value is -2.91. The molecule has 1 atom stereocenters. The molecule has 8 nitrogen and oxygen atoms in total. The van der Waals surface area contributed by atoms with E-state index in [0.29, 0.717) is 5.56 Å². The topological polar surface area (TPSA) is 102 Å². The van der Waals surface area contributed by atoms with E-state index in [2.05, 4.69) is 4.72 Å². The highest BCUT2D eigenvalue weighted by atomic mass is 32.2. The molecule has 0 saturated carbocycles. The van der Waals surface area contributed by atoms with Crippen LogP contribution in [0.15, 0.2) is 53.4 Å². The van der Waals surface area contributed by atoms with Gasteiger partial charge in [-0.15, -0.1) is 0 Å². The molecule has 1 heterocycles. The molecule has 1 aliphatic rings. The number of carbonyl (C=O) groups excluding carboxylic acids is 2. The molecule has 0 aliphatic carbocycles. The van der Waals surface area contributed by atoms with Crippen molar-refractivity contribution in [3.63, 3.8) is 0 Å². The highest BCUT2D eigenvalue weighted by Gasteiger charge is 2.35. The molecule has 3 rings (SSSR count). The van der Waals surface area contributed by atoms with Crippen molar-refractivity contribution < 1.29 is 27.5 Å². The monoisotopic (exact) mass is 404 g/mol. The SMILES string of the molecule is COc1ccc(C)cc1S(=O)(=O)NC(CN1C(=O)COC1=O)c1ccccc1. The Morgan fingerprint density at radius 1 is 1.18 bits per heavy atom. The zero-order valence-electron chi connectivity index (χ0n) is 15.4. The third-order valence-electron chi connectivity index (χ3n) is 4.31. The van der Waals surface area contributed by atoms with Crippen molar-refractivity contribution in [2.75, 3.05) is 20.3 Å². The van der Waals surface area contributed by atoms with E-state index in [9.17, 15) is 18.0 Å². The fourth-order valence-corrected chi connectivity index (χ4v) is 4.35. The summed E-state index contributed by atoms with van der Waals surface area (Å²) in [5, 5.41) is 0. The van der Waals surface area contributed by atoms with Crippen LogP contribution in [0.25, 0.3) is 0 Å². The molecule has 0 bridgehead atoms. The number of sulfonamides is 1. The molecule has 1 unspecified atom stereocenters. The number of carbonyl (C=O) groups is 2. The van der Waals surface area contributed by atoms with Gasteiger partial charge in [-0.1, -0.05) is 36.4 Å². The summed E-state index contributed by atoms with van der Waals surface area (Å²) in [5.41, 5.74) is 1.35. The van der Waals surface area contributed by atoms with Crippen molar-refractivity contribution in [2.45, 2.75) is 17.9 Å². The van der Waals surface area contributed by atoms with Gasteiger partial charge in [0.05, 0.1) is 19.7 Å². The number of aryl methyl sites for hydroxylation is 1. The molecule has 1 aliphatic heterocycles. The molecular weight excluding hydrogens is 384 g/mol. The van der Waals surface area contributed by atoms with Crippen LogP contribution in [-0.2, 0) is 19.6 Å². The highest BCUT2D eigenvalue weighted by Crippen LogP contribution is 2.27. The number of nitrogens with one attached hydrogen (secondary N) is 1. The molecule has 1 N–H and O–H groups in total. The summed E-state index contributed by atoms with van der Waals surface area (Å²) < 4.78 is 38.6. The van der Waals surface area contributed by atoms with Crippen LogP contribution >= 0.6 is 0 Å². The molecule has 1 fully saturated rings. The smallest absolute Gasteiger partial charge is 0.417 e. The maximum atomic E-state index is 13.1. The van der Waals surface area contributed by atoms with E-state index in [0.717, 1.165) is 10.5 Å². The molecule has 2 aromatic carbocycles. The van der Waals surface area contributed by atoms with Crippen LogP contribution in [0.5, 0.6) is 5.75 Å². The summed E-state index contributed by atoms with van der Waals surface area (Å²) >= 11 is 0. The number of imide groups is 1. The second kappa shape index (κ2) is 7.99. The Morgan fingerprint density at radius 3 is 2.50 bits per heavy atom. The first-order valence-corrected chi connectivity index (χ1v) is 9.99. The van der Waals surface area contributed by atoms with Crippen LogP contribution in [0, 0.1) is 6.92 Å². The number of hydrogen-bond donors (Lipinski definition) is 1. The predicted octanol–water partition coefficient (Wildman–Crippen LogP) is 2.00. The number of cyclic esters (lactones) is 1. The summed E-state index contributed by atoms with van der Waals surface area (Å²) in [4.78, 5) is 24.6. The Kier molecular flexibility index (Phi) is 5.66. The van der Waals surface area contributed by atoms with Gasteiger partial charge < -0.3 is 9.47 Å². The number of benzene rings is 2. The quantitative estimate of drug-likeness (QED) is 0.757. The van der Waals surface area contributed by atoms with E-state index in [4.69, 9.17) is 9.47 Å². The van der Waals surface area contributed by atoms with Crippen LogP contribution in [0.4, 0.5) is 4.79 Å². The minimum absolute atomic E-state index is 0.0220. The Labute approximate surface area is 163 Å². The van der Waals surface area contributed by atoms with Crippen LogP contribution in [0.3, 0.4) is 0 Å². The molecule has 0 aromatic heterocycles. The first-order chi connectivity index (χ1) is 13.3. The van der Waals surface area contributed by atoms with Crippen LogP contribution in [0.2, 0.25) is 0 Å². The Morgan fingerprint density at radius 2 is 1.89 bits per heavy atom. The van der Waals surface area contributed by atoms with Crippen molar-refractivity contribution in [3.05, 3.63) is 59.7 Å². The number of amides is 2. The second-order valence-corrected chi connectivity index (χ2v) is 7.98. The van der Waals surface area contributed by atoms with Gasteiger partial charge in [0.1, 0.15) is 10.6 Å². The predicted molar refractivity (Wildman–Crippen MR) is 100 cm³/mol. The van der Waals surface area contributed by atoms with Gasteiger partial charge in [-0.3, -0.25) is 4.79 Å². The summed E-state index contributed by atoms with van der Waals surface area (Å²) in [6, 6.07) is 12.7. The summed E-state index contributed by atoms with van der Waals surface area (Å²) in [7, 11) is -2.63. The van der Waals surface area contributed by atoms with Gasteiger partial charge in [-0.2, -0.15) is 0 Å². The van der Waals surface area contributed by atoms with E-state index < -0.39 is 28.1 Å². The van der Waals surface area contributed by atoms with Gasteiger partial charge in [0.25, 0.3) is 5.91 Å². The molecule has 0 spiro atoms. The van der Waals surface area contributed by atoms with Gasteiger partial charge in [0, 0.05) is 0 Å². The van der Waals surface area contributed by atoms with E-state index in [1.54, 1.807) is 49.4 Å². The average molecular weight is 404 g/mol. The minimum atomic E-state index is -4.01. The minimum Gasteiger partial charge on any atom is -0.495 e. The van der Waals surface area contributed by atoms with Crippen LogP contribution < -0.4 is 9.46 Å². The summed E-state index contributed by atoms with van der Waals surface area (Å²) in [6.07, 6.45) is -0.793. The largest absolute Gasteiger partial charge is 0.495 e. The van der Waals surface area contributed by atoms with Crippen molar-refractivity contribution in [1.82, 2.24) is 9.62 Å². The molecular formula is C19H20N2O6S. The maximum Gasteiger partial charge on any atom is 0.417 e. The number of rotatable bonds is 7. The number of nitrogens with zero attached hydrogens (tertiary/aromatic N) is 1. The lowest BCUT2D eigenvalue weighted by Crippen LogP contribution is -2.40. The third-order valence-corrected chi connectivity index (χ3v) is 5.81. The van der Waals surface area contributed by atoms with Crippen molar-refractivity contribution in [1.29, 1.82) is 0 Å². The first kappa shape index (κ1) is 19.8. The molecule has 148 valence electrons. The van der Waals surface area contributed by atoms with Gasteiger partial charge >= 0.3 is 6.09 Å². The van der Waals surface area contributed by atoms with Gasteiger partial charge in [-0.25, -0.2) is 22.8 Å². The summed E-state index contributed by atoms with van der Waals surface area (Å²) in [6.45, 7) is 1.24. The van der Waals surface area contributed by atoms with Crippen LogP contribution in [0.1, 0.15) is 17.2 Å². The lowest BCUT2D eigenvalue weighted by atomic mass is 10.1. The summed E-state index contributed by atoms with van der Waals surface area (Å²) in [5.74, 6) is -0.320. The van der Waals surface area contributed by atoms with Gasteiger partial charge in [0.2, 0.25) is 10.0 Å². The van der Waals surface area contributed by atoms with Gasteiger partial charge in [0.15, 0.2) is 6.61 Å². The van der Waals surface area contributed by atoms with Gasteiger partial charge in [-0.05, 0) is 30.2 Å². The molecule has 9 heteroatoms. The zero-order chi connectivity index (χ0) is 20.3. The lowest BCUT2D eigenvalue weighted by Gasteiger charge is -2.23. The second-order valence-electron chi connectivity index (χ2n) is 6.30. The lowest BCUT2D eigenvalue weighted by molar-refractivity contribution is -0.126. The first-order valence-electron chi connectivity index (χ1n) is 8.51. The number of methoxy groups -OCH3 is 1. The van der Waals surface area contributed by atoms with E-state index in [-0.39, 0.29) is 23.8 Å². The number of hydrogen-bond acceptors (Lipinski definition) is 6. The maximum absolute atomic E-state index is 13.1. The molecule has 2 aromatic rings. The Balaban J connectivity index is 1.96. The Bertz CT molecular complexity index is 975. The van der Waals surface area contributed by atoms with E-state index >= 15 is 0 Å². The standard InChI is InChI=1S/C19H20N2O6S/c1-13-8-9-16(26-2)17(10-13)28(24,25)20-15(14-6-4-3-5-7-14)11-21-18(22)12-27-19(21)23/h3-10,15,20H,11-12H2,1-2H3. The van der Waals surface area contributed by atoms with Crippen LogP contribution in [-0.4, -0.2) is 45.6 Å². The third kappa shape index (κ3) is 4.15. The molecule has 1 saturated heterocycles.